The van der Waals surface area contributed by atoms with E-state index in [1.807, 2.05) is 24.3 Å². The van der Waals surface area contributed by atoms with Crippen LogP contribution in [-0.2, 0) is 14.4 Å². The van der Waals surface area contributed by atoms with E-state index >= 15 is 0 Å². The number of nitrogens with one attached hydrogen (secondary N) is 1. The highest BCUT2D eigenvalue weighted by Gasteiger charge is 2.24. The first-order valence-electron chi connectivity index (χ1n) is 8.84. The Labute approximate surface area is 161 Å². The number of oxime groups is 1. The molecule has 0 aliphatic carbocycles. The summed E-state index contributed by atoms with van der Waals surface area (Å²) in [5.41, 5.74) is 8.99. The van der Waals surface area contributed by atoms with Gasteiger partial charge in [0.25, 0.3) is 0 Å². The molecule has 8 nitrogen and oxygen atoms in total. The van der Waals surface area contributed by atoms with Crippen LogP contribution in [0.25, 0.3) is 0 Å². The summed E-state index contributed by atoms with van der Waals surface area (Å²) in [6.07, 6.45) is -0.0592. The molecular formula is C20H21N3O5. The second-order valence-electron chi connectivity index (χ2n) is 6.28. The Bertz CT molecular complexity index is 880. The van der Waals surface area contributed by atoms with Crippen molar-refractivity contribution < 1.29 is 24.3 Å². The quantitative estimate of drug-likeness (QED) is 0.598. The fraction of sp³-hybridized carbons (Fsp3) is 0.250. The average molecular weight is 383 g/mol. The minimum Gasteiger partial charge on any atom is -0.481 e. The van der Waals surface area contributed by atoms with Crippen LogP contribution >= 0.6 is 0 Å². The number of hydrogen-bond acceptors (Lipinski definition) is 7. The molecule has 1 aliphatic rings. The number of hydrogen-bond donors (Lipinski definition) is 3. The summed E-state index contributed by atoms with van der Waals surface area (Å²) in [7, 11) is 0. The van der Waals surface area contributed by atoms with Gasteiger partial charge in [0.15, 0.2) is 0 Å². The van der Waals surface area contributed by atoms with Crippen LogP contribution in [0.2, 0.25) is 0 Å². The molecule has 0 radical (unpaired) electrons. The first kappa shape index (κ1) is 19.4. The van der Waals surface area contributed by atoms with Crippen molar-refractivity contribution in [2.75, 3.05) is 18.5 Å². The van der Waals surface area contributed by atoms with Crippen LogP contribution in [0.15, 0.2) is 53.7 Å². The van der Waals surface area contributed by atoms with Crippen LogP contribution in [0, 0.1) is 0 Å². The SMILES string of the molecule is NCCOC(=O)c1ccc(Nc2cccc(C3=NOC(CC(=O)O)C3)c2)cc1. The molecule has 146 valence electrons. The first-order valence-corrected chi connectivity index (χ1v) is 8.84. The third-order valence-electron chi connectivity index (χ3n) is 4.09. The monoisotopic (exact) mass is 383 g/mol. The fourth-order valence-corrected chi connectivity index (χ4v) is 2.77. The van der Waals surface area contributed by atoms with Crippen LogP contribution in [0.4, 0.5) is 11.4 Å². The molecule has 1 atom stereocenters. The van der Waals surface area contributed by atoms with Crippen LogP contribution in [0.3, 0.4) is 0 Å². The molecule has 3 rings (SSSR count). The number of carbonyl (C=O) groups excluding carboxylic acids is 1. The van der Waals surface area contributed by atoms with E-state index in [0.717, 1.165) is 16.9 Å². The molecule has 0 spiro atoms. The molecule has 0 aromatic heterocycles. The van der Waals surface area contributed by atoms with E-state index < -0.39 is 18.0 Å². The van der Waals surface area contributed by atoms with Crippen molar-refractivity contribution in [1.82, 2.24) is 0 Å². The number of nitrogens with zero attached hydrogens (tertiary/aromatic N) is 1. The Morgan fingerprint density at radius 2 is 2.00 bits per heavy atom. The van der Waals surface area contributed by atoms with E-state index in [-0.39, 0.29) is 19.6 Å². The number of carbonyl (C=O) groups is 2. The second kappa shape index (κ2) is 9.01. The largest absolute Gasteiger partial charge is 0.481 e. The Balaban J connectivity index is 1.63. The molecule has 0 fully saturated rings. The molecule has 8 heteroatoms. The number of carboxylic acids is 1. The van der Waals surface area contributed by atoms with Gasteiger partial charge in [0.2, 0.25) is 0 Å². The zero-order valence-corrected chi connectivity index (χ0v) is 15.1. The van der Waals surface area contributed by atoms with Gasteiger partial charge in [0.05, 0.1) is 17.7 Å². The molecule has 0 saturated carbocycles. The normalized spacial score (nSPS) is 15.5. The van der Waals surface area contributed by atoms with Crippen LogP contribution in [0.5, 0.6) is 0 Å². The maximum Gasteiger partial charge on any atom is 0.338 e. The summed E-state index contributed by atoms with van der Waals surface area (Å²) in [6, 6.07) is 14.5. The van der Waals surface area contributed by atoms with Gasteiger partial charge < -0.3 is 25.7 Å². The van der Waals surface area contributed by atoms with Crippen molar-refractivity contribution >= 4 is 29.0 Å². The van der Waals surface area contributed by atoms with E-state index in [9.17, 15) is 9.59 Å². The second-order valence-corrected chi connectivity index (χ2v) is 6.28. The average Bonchev–Trinajstić information content (AvgIpc) is 3.15. The van der Waals surface area contributed by atoms with Crippen LogP contribution in [-0.4, -0.2) is 42.0 Å². The van der Waals surface area contributed by atoms with Gasteiger partial charge >= 0.3 is 11.9 Å². The lowest BCUT2D eigenvalue weighted by Gasteiger charge is -2.09. The summed E-state index contributed by atoms with van der Waals surface area (Å²) in [5.74, 6) is -1.32. The number of anilines is 2. The zero-order valence-electron chi connectivity index (χ0n) is 15.1. The third-order valence-corrected chi connectivity index (χ3v) is 4.09. The van der Waals surface area contributed by atoms with Gasteiger partial charge in [-0.1, -0.05) is 17.3 Å². The van der Waals surface area contributed by atoms with E-state index in [1.54, 1.807) is 24.3 Å². The molecule has 2 aromatic carbocycles. The number of carboxylic acid groups (broad SMARTS) is 1. The van der Waals surface area contributed by atoms with Crippen molar-refractivity contribution in [3.8, 4) is 0 Å². The molecule has 0 bridgehead atoms. The van der Waals surface area contributed by atoms with Gasteiger partial charge in [0, 0.05) is 29.9 Å². The standard InChI is InChI=1S/C20H21N3O5/c21-8-9-27-20(26)13-4-6-15(7-5-13)22-16-3-1-2-14(10-16)18-11-17(28-23-18)12-19(24)25/h1-7,10,17,22H,8-9,11-12,21H2,(H,24,25). The van der Waals surface area contributed by atoms with Crippen LogP contribution in [0.1, 0.15) is 28.8 Å². The third kappa shape index (κ3) is 5.08. The Hall–Kier alpha value is -3.39. The predicted octanol–water partition coefficient (Wildman–Crippen LogP) is 2.51. The Morgan fingerprint density at radius 3 is 2.71 bits per heavy atom. The van der Waals surface area contributed by atoms with Gasteiger partial charge in [-0.05, 0) is 36.4 Å². The van der Waals surface area contributed by atoms with Crippen molar-refractivity contribution in [2.45, 2.75) is 18.9 Å². The minimum atomic E-state index is -0.910. The Morgan fingerprint density at radius 1 is 1.21 bits per heavy atom. The van der Waals surface area contributed by atoms with E-state index in [2.05, 4.69) is 10.5 Å². The fourth-order valence-electron chi connectivity index (χ4n) is 2.77. The number of esters is 1. The van der Waals surface area contributed by atoms with E-state index in [1.165, 1.54) is 0 Å². The van der Waals surface area contributed by atoms with E-state index in [0.29, 0.717) is 17.7 Å². The number of aliphatic carboxylic acids is 1. The molecule has 1 heterocycles. The smallest absolute Gasteiger partial charge is 0.338 e. The van der Waals surface area contributed by atoms with Crippen molar-refractivity contribution in [2.24, 2.45) is 10.9 Å². The Kier molecular flexibility index (Phi) is 6.23. The highest BCUT2D eigenvalue weighted by Crippen LogP contribution is 2.23. The molecule has 4 N–H and O–H groups in total. The lowest BCUT2D eigenvalue weighted by atomic mass is 10.0. The maximum atomic E-state index is 11.8. The molecule has 28 heavy (non-hydrogen) atoms. The molecule has 0 amide bonds. The van der Waals surface area contributed by atoms with Crippen molar-refractivity contribution in [3.05, 3.63) is 59.7 Å². The molecule has 1 unspecified atom stereocenters. The van der Waals surface area contributed by atoms with Crippen molar-refractivity contribution in [3.63, 3.8) is 0 Å². The van der Waals surface area contributed by atoms with Gasteiger partial charge in [0.1, 0.15) is 12.7 Å². The maximum absolute atomic E-state index is 11.8. The minimum absolute atomic E-state index is 0.0784. The topological polar surface area (TPSA) is 123 Å². The number of rotatable bonds is 8. The highest BCUT2D eigenvalue weighted by atomic mass is 16.6. The van der Waals surface area contributed by atoms with Gasteiger partial charge in [-0.15, -0.1) is 0 Å². The highest BCUT2D eigenvalue weighted by molar-refractivity contribution is 6.02. The molecule has 0 saturated heterocycles. The van der Waals surface area contributed by atoms with E-state index in [4.69, 9.17) is 20.4 Å². The van der Waals surface area contributed by atoms with Gasteiger partial charge in [-0.3, -0.25) is 4.79 Å². The van der Waals surface area contributed by atoms with Gasteiger partial charge in [-0.25, -0.2) is 4.79 Å². The predicted molar refractivity (Wildman–Crippen MR) is 104 cm³/mol. The lowest BCUT2D eigenvalue weighted by Crippen LogP contribution is -2.13. The number of nitrogens with two attached hydrogens (primary N) is 1. The summed E-state index contributed by atoms with van der Waals surface area (Å²) in [6.45, 7) is 0.474. The van der Waals surface area contributed by atoms with Crippen LogP contribution < -0.4 is 11.1 Å². The van der Waals surface area contributed by atoms with Gasteiger partial charge in [-0.2, -0.15) is 0 Å². The summed E-state index contributed by atoms with van der Waals surface area (Å²) >= 11 is 0. The summed E-state index contributed by atoms with van der Waals surface area (Å²) in [4.78, 5) is 27.8. The van der Waals surface area contributed by atoms with Crippen molar-refractivity contribution in [1.29, 1.82) is 0 Å². The summed E-state index contributed by atoms with van der Waals surface area (Å²) in [5, 5.41) is 16.1. The molecular weight excluding hydrogens is 362 g/mol. The first-order chi connectivity index (χ1) is 13.5. The molecule has 1 aliphatic heterocycles. The summed E-state index contributed by atoms with van der Waals surface area (Å²) < 4.78 is 4.99. The number of benzene rings is 2. The zero-order chi connectivity index (χ0) is 19.9. The molecule has 2 aromatic rings. The number of ether oxygens (including phenoxy) is 1. The lowest BCUT2D eigenvalue weighted by molar-refractivity contribution is -0.139.